The summed E-state index contributed by atoms with van der Waals surface area (Å²) in [6.07, 6.45) is 3.12. The van der Waals surface area contributed by atoms with E-state index in [2.05, 4.69) is 18.6 Å². The lowest BCUT2D eigenvalue weighted by Gasteiger charge is -2.07. The second-order valence-electron chi connectivity index (χ2n) is 4.21. The van der Waals surface area contributed by atoms with Gasteiger partial charge in [-0.25, -0.2) is 13.1 Å². The fourth-order valence-corrected chi connectivity index (χ4v) is 3.77. The van der Waals surface area contributed by atoms with E-state index in [0.29, 0.717) is 22.6 Å². The van der Waals surface area contributed by atoms with Gasteiger partial charge in [0, 0.05) is 12.7 Å². The van der Waals surface area contributed by atoms with E-state index >= 15 is 0 Å². The first-order chi connectivity index (χ1) is 10.1. The van der Waals surface area contributed by atoms with Crippen LogP contribution >= 0.6 is 23.3 Å². The molecule has 0 aliphatic rings. The third kappa shape index (κ3) is 3.05. The molecule has 0 amide bonds. The molecule has 21 heavy (non-hydrogen) atoms. The first-order valence-electron chi connectivity index (χ1n) is 5.95. The van der Waals surface area contributed by atoms with Gasteiger partial charge < -0.3 is 0 Å². The Kier molecular flexibility index (Phi) is 3.89. The molecule has 10 heteroatoms. The highest BCUT2D eigenvalue weighted by atomic mass is 35.5. The predicted octanol–water partition coefficient (Wildman–Crippen LogP) is 1.52. The third-order valence-electron chi connectivity index (χ3n) is 2.77. The van der Waals surface area contributed by atoms with Crippen molar-refractivity contribution in [1.29, 1.82) is 0 Å². The number of fused-ring (bicyclic) bond motifs is 1. The molecule has 0 unspecified atom stereocenters. The number of rotatable bonds is 5. The van der Waals surface area contributed by atoms with Crippen LogP contribution in [0.1, 0.15) is 0 Å². The minimum Gasteiger partial charge on any atom is -0.270 e. The van der Waals surface area contributed by atoms with Crippen LogP contribution < -0.4 is 4.72 Å². The molecule has 0 saturated heterocycles. The van der Waals surface area contributed by atoms with Gasteiger partial charge >= 0.3 is 0 Å². The molecular weight excluding hydrogens is 334 g/mol. The summed E-state index contributed by atoms with van der Waals surface area (Å²) < 4.78 is 36.8. The number of halogens is 1. The Bertz CT molecular complexity index is 874. The largest absolute Gasteiger partial charge is 0.270 e. The van der Waals surface area contributed by atoms with Crippen LogP contribution in [0.4, 0.5) is 0 Å². The minimum absolute atomic E-state index is 0.132. The smallest absolute Gasteiger partial charge is 0.242 e. The van der Waals surface area contributed by atoms with Crippen molar-refractivity contribution in [2.75, 3.05) is 6.54 Å². The number of sulfonamides is 1. The summed E-state index contributed by atoms with van der Waals surface area (Å²) >= 11 is 6.73. The van der Waals surface area contributed by atoms with Crippen molar-refractivity contribution < 1.29 is 8.42 Å². The van der Waals surface area contributed by atoms with E-state index < -0.39 is 10.0 Å². The quantitative estimate of drug-likeness (QED) is 0.758. The molecule has 0 aliphatic carbocycles. The number of nitrogens with one attached hydrogen (secondary N) is 1. The lowest BCUT2D eigenvalue weighted by Crippen LogP contribution is -2.27. The van der Waals surface area contributed by atoms with Crippen LogP contribution in [-0.2, 0) is 16.6 Å². The Labute approximate surface area is 129 Å². The summed E-state index contributed by atoms with van der Waals surface area (Å²) in [6, 6.07) is 4.88. The summed E-state index contributed by atoms with van der Waals surface area (Å²) in [7, 11) is -3.64. The summed E-state index contributed by atoms with van der Waals surface area (Å²) in [5.74, 6) is 0. The van der Waals surface area contributed by atoms with Crippen molar-refractivity contribution >= 4 is 44.4 Å². The maximum Gasteiger partial charge on any atom is 0.242 e. The first-order valence-corrected chi connectivity index (χ1v) is 8.54. The van der Waals surface area contributed by atoms with Gasteiger partial charge in [-0.2, -0.15) is 13.8 Å². The molecule has 2 aromatic heterocycles. The van der Waals surface area contributed by atoms with Crippen molar-refractivity contribution in [3.05, 3.63) is 35.6 Å². The number of nitrogens with zero attached hydrogens (tertiary/aromatic N) is 4. The summed E-state index contributed by atoms with van der Waals surface area (Å²) in [5, 5.41) is 4.49. The van der Waals surface area contributed by atoms with Crippen molar-refractivity contribution in [2.24, 2.45) is 0 Å². The number of benzene rings is 1. The second kappa shape index (κ2) is 5.68. The molecule has 0 bridgehead atoms. The Morgan fingerprint density at radius 2 is 2.19 bits per heavy atom. The summed E-state index contributed by atoms with van der Waals surface area (Å²) in [5.41, 5.74) is 0.957. The lowest BCUT2D eigenvalue weighted by molar-refractivity contribution is 0.561. The number of hydrogen-bond acceptors (Lipinski definition) is 6. The third-order valence-corrected chi connectivity index (χ3v) is 5.00. The van der Waals surface area contributed by atoms with E-state index in [1.807, 2.05) is 0 Å². The van der Waals surface area contributed by atoms with Crippen LogP contribution in [-0.4, -0.2) is 33.5 Å². The standard InChI is InChI=1S/C11H10ClN5O2S2/c12-8-6-13-17(7-8)5-4-14-21(18,19)10-3-1-2-9-11(10)16-20-15-9/h1-3,6-7,14H,4-5H2. The summed E-state index contributed by atoms with van der Waals surface area (Å²) in [4.78, 5) is 0.132. The monoisotopic (exact) mass is 343 g/mol. The molecule has 0 atom stereocenters. The Hall–Kier alpha value is -1.55. The maximum absolute atomic E-state index is 12.3. The van der Waals surface area contributed by atoms with Crippen molar-refractivity contribution in [1.82, 2.24) is 23.2 Å². The van der Waals surface area contributed by atoms with Gasteiger partial charge in [-0.15, -0.1) is 0 Å². The van der Waals surface area contributed by atoms with Crippen LogP contribution in [0.15, 0.2) is 35.5 Å². The fourth-order valence-electron chi connectivity index (χ4n) is 1.83. The molecule has 3 rings (SSSR count). The van der Waals surface area contributed by atoms with Crippen LogP contribution in [0.2, 0.25) is 5.02 Å². The van der Waals surface area contributed by atoms with E-state index in [1.165, 1.54) is 12.3 Å². The van der Waals surface area contributed by atoms with Crippen molar-refractivity contribution in [3.8, 4) is 0 Å². The molecule has 3 aromatic rings. The molecule has 1 N–H and O–H groups in total. The van der Waals surface area contributed by atoms with Crippen LogP contribution in [0.5, 0.6) is 0 Å². The molecular formula is C11H10ClN5O2S2. The van der Waals surface area contributed by atoms with E-state index in [4.69, 9.17) is 11.6 Å². The predicted molar refractivity (Wildman–Crippen MR) is 79.8 cm³/mol. The molecule has 0 radical (unpaired) electrons. The van der Waals surface area contributed by atoms with Gasteiger partial charge in [0.1, 0.15) is 15.9 Å². The molecule has 0 spiro atoms. The van der Waals surface area contributed by atoms with E-state index in [-0.39, 0.29) is 11.4 Å². The number of aromatic nitrogens is 4. The second-order valence-corrected chi connectivity index (χ2v) is 6.91. The zero-order valence-electron chi connectivity index (χ0n) is 10.6. The molecule has 2 heterocycles. The topological polar surface area (TPSA) is 89.8 Å². The van der Waals surface area contributed by atoms with E-state index in [9.17, 15) is 8.42 Å². The SMILES string of the molecule is O=S(=O)(NCCn1cc(Cl)cn1)c1cccc2nsnc12. The summed E-state index contributed by atoms with van der Waals surface area (Å²) in [6.45, 7) is 0.589. The van der Waals surface area contributed by atoms with Gasteiger partial charge in [0.25, 0.3) is 0 Å². The van der Waals surface area contributed by atoms with Crippen LogP contribution in [0.3, 0.4) is 0 Å². The molecule has 7 nitrogen and oxygen atoms in total. The highest BCUT2D eigenvalue weighted by Crippen LogP contribution is 2.20. The highest BCUT2D eigenvalue weighted by molar-refractivity contribution is 7.89. The van der Waals surface area contributed by atoms with Gasteiger partial charge in [-0.1, -0.05) is 17.7 Å². The minimum atomic E-state index is -3.64. The van der Waals surface area contributed by atoms with Gasteiger partial charge in [0.05, 0.1) is 29.5 Å². The van der Waals surface area contributed by atoms with Crippen LogP contribution in [0, 0.1) is 0 Å². The maximum atomic E-state index is 12.3. The Balaban J connectivity index is 1.76. The molecule has 1 aromatic carbocycles. The molecule has 0 aliphatic heterocycles. The van der Waals surface area contributed by atoms with Gasteiger partial charge in [0.15, 0.2) is 0 Å². The highest BCUT2D eigenvalue weighted by Gasteiger charge is 2.18. The first kappa shape index (κ1) is 14.4. The average Bonchev–Trinajstić information content (AvgIpc) is 3.06. The molecule has 110 valence electrons. The molecule has 0 saturated carbocycles. The Morgan fingerprint density at radius 3 is 2.95 bits per heavy atom. The normalized spacial score (nSPS) is 12.0. The number of hydrogen-bond donors (Lipinski definition) is 1. The fraction of sp³-hybridized carbons (Fsp3) is 0.182. The lowest BCUT2D eigenvalue weighted by atomic mass is 10.3. The van der Waals surface area contributed by atoms with E-state index in [0.717, 1.165) is 11.7 Å². The van der Waals surface area contributed by atoms with Crippen LogP contribution in [0.25, 0.3) is 11.0 Å². The van der Waals surface area contributed by atoms with Gasteiger partial charge in [-0.3, -0.25) is 4.68 Å². The molecule has 0 fully saturated rings. The van der Waals surface area contributed by atoms with Crippen molar-refractivity contribution in [3.63, 3.8) is 0 Å². The Morgan fingerprint density at radius 1 is 1.33 bits per heavy atom. The average molecular weight is 344 g/mol. The van der Waals surface area contributed by atoms with Gasteiger partial charge in [-0.05, 0) is 12.1 Å². The van der Waals surface area contributed by atoms with Gasteiger partial charge in [0.2, 0.25) is 10.0 Å². The van der Waals surface area contributed by atoms with E-state index in [1.54, 1.807) is 23.0 Å². The zero-order valence-corrected chi connectivity index (χ0v) is 13.0. The van der Waals surface area contributed by atoms with Crippen molar-refractivity contribution in [2.45, 2.75) is 11.4 Å². The zero-order chi connectivity index (χ0) is 14.9.